The fourth-order valence-corrected chi connectivity index (χ4v) is 1.88. The van der Waals surface area contributed by atoms with Gasteiger partial charge in [-0.2, -0.15) is 0 Å². The van der Waals surface area contributed by atoms with Crippen LogP contribution in [0, 0.1) is 0 Å². The van der Waals surface area contributed by atoms with E-state index in [1.54, 1.807) is 13.3 Å². The van der Waals surface area contributed by atoms with Crippen LogP contribution in [0.25, 0.3) is 0 Å². The Hall–Kier alpha value is -2.07. The van der Waals surface area contributed by atoms with Gasteiger partial charge in [-0.3, -0.25) is 0 Å². The first-order chi connectivity index (χ1) is 9.33. The topological polar surface area (TPSA) is 60.2 Å². The molecule has 1 aromatic heterocycles. The third kappa shape index (κ3) is 3.69. The molecule has 0 aliphatic rings. The smallest absolute Gasteiger partial charge is 0.130 e. The van der Waals surface area contributed by atoms with Crippen molar-refractivity contribution < 1.29 is 4.74 Å². The van der Waals surface area contributed by atoms with E-state index in [0.717, 1.165) is 30.1 Å². The zero-order chi connectivity index (χ0) is 13.5. The minimum atomic E-state index is 0.499. The summed E-state index contributed by atoms with van der Waals surface area (Å²) in [6.07, 6.45) is 2.71. The zero-order valence-corrected chi connectivity index (χ0v) is 11.1. The lowest BCUT2D eigenvalue weighted by molar-refractivity contribution is 0.414. The highest BCUT2D eigenvalue weighted by atomic mass is 16.5. The zero-order valence-electron chi connectivity index (χ0n) is 11.1. The number of nitrogens with zero attached hydrogens (tertiary/aromatic N) is 1. The maximum Gasteiger partial charge on any atom is 0.130 e. The van der Waals surface area contributed by atoms with E-state index in [1.165, 1.54) is 5.56 Å². The van der Waals surface area contributed by atoms with Crippen LogP contribution < -0.4 is 15.8 Å². The third-order valence-electron chi connectivity index (χ3n) is 2.98. The van der Waals surface area contributed by atoms with Crippen molar-refractivity contribution >= 4 is 5.82 Å². The molecule has 0 bridgehead atoms. The molecule has 1 aromatic carbocycles. The molecule has 0 atom stereocenters. The minimum absolute atomic E-state index is 0.499. The van der Waals surface area contributed by atoms with Crippen LogP contribution >= 0.6 is 0 Å². The SMILES string of the molecule is COc1ccc(CCNc2ncccc2CN)cc1. The van der Waals surface area contributed by atoms with E-state index in [-0.39, 0.29) is 0 Å². The van der Waals surface area contributed by atoms with Crippen molar-refractivity contribution in [1.29, 1.82) is 0 Å². The van der Waals surface area contributed by atoms with Crippen molar-refractivity contribution in [3.63, 3.8) is 0 Å². The normalized spacial score (nSPS) is 10.2. The molecule has 0 amide bonds. The second-order valence-corrected chi connectivity index (χ2v) is 4.24. The number of methoxy groups -OCH3 is 1. The van der Waals surface area contributed by atoms with Crippen LogP contribution in [0.15, 0.2) is 42.6 Å². The lowest BCUT2D eigenvalue weighted by Crippen LogP contribution is -2.10. The number of anilines is 1. The summed E-state index contributed by atoms with van der Waals surface area (Å²) in [5.74, 6) is 1.75. The number of rotatable bonds is 6. The van der Waals surface area contributed by atoms with E-state index >= 15 is 0 Å². The highest BCUT2D eigenvalue weighted by Gasteiger charge is 2.00. The highest BCUT2D eigenvalue weighted by Crippen LogP contribution is 2.13. The molecule has 0 unspecified atom stereocenters. The van der Waals surface area contributed by atoms with Crippen molar-refractivity contribution in [3.8, 4) is 5.75 Å². The van der Waals surface area contributed by atoms with Gasteiger partial charge in [-0.25, -0.2) is 4.98 Å². The van der Waals surface area contributed by atoms with Gasteiger partial charge in [0.15, 0.2) is 0 Å². The Morgan fingerprint density at radius 2 is 2.00 bits per heavy atom. The van der Waals surface area contributed by atoms with Gasteiger partial charge in [-0.15, -0.1) is 0 Å². The summed E-state index contributed by atoms with van der Waals surface area (Å²) < 4.78 is 5.13. The molecular weight excluding hydrogens is 238 g/mol. The van der Waals surface area contributed by atoms with Gasteiger partial charge >= 0.3 is 0 Å². The molecule has 0 fully saturated rings. The predicted molar refractivity (Wildman–Crippen MR) is 77.3 cm³/mol. The fourth-order valence-electron chi connectivity index (χ4n) is 1.88. The predicted octanol–water partition coefficient (Wildman–Crippen LogP) is 2.20. The first-order valence-corrected chi connectivity index (χ1v) is 6.34. The summed E-state index contributed by atoms with van der Waals surface area (Å²) >= 11 is 0. The molecular formula is C15H19N3O. The molecule has 0 aliphatic heterocycles. The maximum atomic E-state index is 5.67. The van der Waals surface area contributed by atoms with E-state index in [1.807, 2.05) is 24.3 Å². The van der Waals surface area contributed by atoms with Gasteiger partial charge in [0.25, 0.3) is 0 Å². The van der Waals surface area contributed by atoms with Crippen molar-refractivity contribution in [2.75, 3.05) is 19.0 Å². The Morgan fingerprint density at radius 3 is 2.68 bits per heavy atom. The Morgan fingerprint density at radius 1 is 1.21 bits per heavy atom. The molecule has 4 nitrogen and oxygen atoms in total. The van der Waals surface area contributed by atoms with E-state index in [2.05, 4.69) is 22.4 Å². The summed E-state index contributed by atoms with van der Waals surface area (Å²) in [5.41, 5.74) is 7.97. The van der Waals surface area contributed by atoms with Gasteiger partial charge in [0, 0.05) is 24.8 Å². The lowest BCUT2D eigenvalue weighted by Gasteiger charge is -2.09. The number of pyridine rings is 1. The Labute approximate surface area is 113 Å². The van der Waals surface area contributed by atoms with Crippen molar-refractivity contribution in [1.82, 2.24) is 4.98 Å². The van der Waals surface area contributed by atoms with Gasteiger partial charge in [0.1, 0.15) is 11.6 Å². The van der Waals surface area contributed by atoms with Crippen LogP contribution in [0.5, 0.6) is 5.75 Å². The molecule has 2 aromatic rings. The summed E-state index contributed by atoms with van der Waals surface area (Å²) in [6.45, 7) is 1.33. The van der Waals surface area contributed by atoms with Crippen LogP contribution in [-0.2, 0) is 13.0 Å². The van der Waals surface area contributed by atoms with Gasteiger partial charge in [-0.05, 0) is 30.2 Å². The van der Waals surface area contributed by atoms with Crippen LogP contribution in [0.1, 0.15) is 11.1 Å². The monoisotopic (exact) mass is 257 g/mol. The molecule has 0 aliphatic carbocycles. The van der Waals surface area contributed by atoms with E-state index in [0.29, 0.717) is 6.54 Å². The van der Waals surface area contributed by atoms with Crippen LogP contribution in [-0.4, -0.2) is 18.6 Å². The number of hydrogen-bond acceptors (Lipinski definition) is 4. The fraction of sp³-hybridized carbons (Fsp3) is 0.267. The number of aromatic nitrogens is 1. The molecule has 0 radical (unpaired) electrons. The molecule has 4 heteroatoms. The second-order valence-electron chi connectivity index (χ2n) is 4.24. The molecule has 3 N–H and O–H groups in total. The van der Waals surface area contributed by atoms with Gasteiger partial charge in [0.05, 0.1) is 7.11 Å². The number of nitrogens with two attached hydrogens (primary N) is 1. The molecule has 0 saturated heterocycles. The molecule has 0 saturated carbocycles. The maximum absolute atomic E-state index is 5.67. The quantitative estimate of drug-likeness (QED) is 0.833. The Bertz CT molecular complexity index is 511. The van der Waals surface area contributed by atoms with Crippen LogP contribution in [0.4, 0.5) is 5.82 Å². The Balaban J connectivity index is 1.88. The lowest BCUT2D eigenvalue weighted by atomic mass is 10.1. The van der Waals surface area contributed by atoms with E-state index in [4.69, 9.17) is 10.5 Å². The minimum Gasteiger partial charge on any atom is -0.497 e. The standard InChI is InChI=1S/C15H19N3O/c1-19-14-6-4-12(5-7-14)8-10-18-15-13(11-16)3-2-9-17-15/h2-7,9H,8,10-11,16H2,1H3,(H,17,18). The number of ether oxygens (including phenoxy) is 1. The number of nitrogens with one attached hydrogen (secondary N) is 1. The number of hydrogen-bond donors (Lipinski definition) is 2. The first-order valence-electron chi connectivity index (χ1n) is 6.34. The largest absolute Gasteiger partial charge is 0.497 e. The van der Waals surface area contributed by atoms with Gasteiger partial charge in [-0.1, -0.05) is 18.2 Å². The Kier molecular flexibility index (Phi) is 4.75. The summed E-state index contributed by atoms with van der Waals surface area (Å²) in [5, 5.41) is 3.32. The van der Waals surface area contributed by atoms with Crippen molar-refractivity contribution in [3.05, 3.63) is 53.7 Å². The van der Waals surface area contributed by atoms with Crippen LogP contribution in [0.2, 0.25) is 0 Å². The van der Waals surface area contributed by atoms with Gasteiger partial charge < -0.3 is 15.8 Å². The second kappa shape index (κ2) is 6.75. The van der Waals surface area contributed by atoms with Crippen molar-refractivity contribution in [2.24, 2.45) is 5.73 Å². The average molecular weight is 257 g/mol. The molecule has 1 heterocycles. The van der Waals surface area contributed by atoms with Crippen molar-refractivity contribution in [2.45, 2.75) is 13.0 Å². The van der Waals surface area contributed by atoms with E-state index < -0.39 is 0 Å². The molecule has 0 spiro atoms. The molecule has 100 valence electrons. The summed E-state index contributed by atoms with van der Waals surface area (Å²) in [7, 11) is 1.67. The first kappa shape index (κ1) is 13.4. The summed E-state index contributed by atoms with van der Waals surface area (Å²) in [4.78, 5) is 4.30. The van der Waals surface area contributed by atoms with E-state index in [9.17, 15) is 0 Å². The molecule has 19 heavy (non-hydrogen) atoms. The highest BCUT2D eigenvalue weighted by molar-refractivity contribution is 5.43. The number of benzene rings is 1. The van der Waals surface area contributed by atoms with Gasteiger partial charge in [0.2, 0.25) is 0 Å². The third-order valence-corrected chi connectivity index (χ3v) is 2.98. The average Bonchev–Trinajstić information content (AvgIpc) is 2.48. The molecule has 2 rings (SSSR count). The summed E-state index contributed by atoms with van der Waals surface area (Å²) in [6, 6.07) is 12.0. The van der Waals surface area contributed by atoms with Crippen LogP contribution in [0.3, 0.4) is 0 Å².